The molecule has 0 saturated carbocycles. The van der Waals surface area contributed by atoms with Crippen LogP contribution in [-0.4, -0.2) is 55.9 Å². The fourth-order valence-electron chi connectivity index (χ4n) is 2.04. The van der Waals surface area contributed by atoms with Crippen LogP contribution in [0.5, 0.6) is 0 Å². The third-order valence-electron chi connectivity index (χ3n) is 3.36. The lowest BCUT2D eigenvalue weighted by Crippen LogP contribution is -2.44. The molecule has 0 bridgehead atoms. The van der Waals surface area contributed by atoms with Crippen LogP contribution in [0, 0.1) is 0 Å². The summed E-state index contributed by atoms with van der Waals surface area (Å²) < 4.78 is 0. The number of rotatable bonds is 9. The van der Waals surface area contributed by atoms with Gasteiger partial charge in [0, 0.05) is 38.9 Å². The topological polar surface area (TPSA) is 55.8 Å². The molecule has 1 aromatic rings. The van der Waals surface area contributed by atoms with E-state index in [-0.39, 0.29) is 12.6 Å². The first-order chi connectivity index (χ1) is 10.2. The van der Waals surface area contributed by atoms with Gasteiger partial charge in [-0.05, 0) is 18.6 Å². The zero-order chi connectivity index (χ0) is 15.5. The maximum Gasteiger partial charge on any atom is 0.317 e. The summed E-state index contributed by atoms with van der Waals surface area (Å²) in [5, 5.41) is 11.9. The number of urea groups is 1. The van der Waals surface area contributed by atoms with Crippen molar-refractivity contribution in [2.24, 2.45) is 0 Å². The molecule has 1 rings (SSSR count). The van der Waals surface area contributed by atoms with Crippen LogP contribution >= 0.6 is 0 Å². The van der Waals surface area contributed by atoms with E-state index in [0.29, 0.717) is 19.6 Å². The number of carbonyl (C=O) groups excluding carboxylic acids is 1. The van der Waals surface area contributed by atoms with Crippen molar-refractivity contribution in [1.82, 2.24) is 10.2 Å². The van der Waals surface area contributed by atoms with Crippen LogP contribution in [-0.2, 0) is 0 Å². The standard InChI is InChI=1S/C16H27N3O2/c1-3-4-11-19(13-14-20)16(21)17-10-12-18(2)15-8-6-5-7-9-15/h5-9,20H,3-4,10-14H2,1-2H3,(H,17,21). The molecule has 0 aliphatic rings. The molecule has 2 N–H and O–H groups in total. The molecule has 0 atom stereocenters. The third-order valence-corrected chi connectivity index (χ3v) is 3.36. The molecule has 0 spiro atoms. The Bertz CT molecular complexity index is 398. The monoisotopic (exact) mass is 293 g/mol. The number of carbonyl (C=O) groups is 1. The molecule has 0 aliphatic carbocycles. The number of hydrogen-bond donors (Lipinski definition) is 2. The number of aliphatic hydroxyl groups is 1. The summed E-state index contributed by atoms with van der Waals surface area (Å²) >= 11 is 0. The Hall–Kier alpha value is -1.75. The number of para-hydroxylation sites is 1. The minimum atomic E-state index is -0.0982. The van der Waals surface area contributed by atoms with Gasteiger partial charge in [0.25, 0.3) is 0 Å². The molecule has 0 aliphatic heterocycles. The fourth-order valence-corrected chi connectivity index (χ4v) is 2.04. The van der Waals surface area contributed by atoms with Gasteiger partial charge < -0.3 is 20.2 Å². The average Bonchev–Trinajstić information content (AvgIpc) is 2.52. The second-order valence-electron chi connectivity index (χ2n) is 5.05. The van der Waals surface area contributed by atoms with Crippen LogP contribution < -0.4 is 10.2 Å². The number of hydrogen-bond acceptors (Lipinski definition) is 3. The van der Waals surface area contributed by atoms with Gasteiger partial charge in [-0.25, -0.2) is 4.79 Å². The first-order valence-electron chi connectivity index (χ1n) is 7.58. The highest BCUT2D eigenvalue weighted by molar-refractivity contribution is 5.74. The number of anilines is 1. The second-order valence-corrected chi connectivity index (χ2v) is 5.05. The highest BCUT2D eigenvalue weighted by Gasteiger charge is 2.11. The van der Waals surface area contributed by atoms with Gasteiger partial charge in [0.2, 0.25) is 0 Å². The number of amides is 2. The molecule has 21 heavy (non-hydrogen) atoms. The van der Waals surface area contributed by atoms with E-state index in [1.807, 2.05) is 37.4 Å². The molecule has 0 aromatic heterocycles. The number of nitrogens with one attached hydrogen (secondary N) is 1. The zero-order valence-corrected chi connectivity index (χ0v) is 13.1. The Morgan fingerprint density at radius 2 is 1.90 bits per heavy atom. The summed E-state index contributed by atoms with van der Waals surface area (Å²) in [6.07, 6.45) is 1.99. The van der Waals surface area contributed by atoms with Gasteiger partial charge in [0.05, 0.1) is 6.61 Å². The predicted octanol–water partition coefficient (Wildman–Crippen LogP) is 1.93. The molecule has 0 saturated heterocycles. The zero-order valence-electron chi connectivity index (χ0n) is 13.1. The molecule has 5 heteroatoms. The smallest absolute Gasteiger partial charge is 0.317 e. The third kappa shape index (κ3) is 6.49. The number of nitrogens with zero attached hydrogens (tertiary/aromatic N) is 2. The van der Waals surface area contributed by atoms with Crippen LogP contribution in [0.25, 0.3) is 0 Å². The summed E-state index contributed by atoms with van der Waals surface area (Å²) in [6, 6.07) is 9.97. The molecule has 0 unspecified atom stereocenters. The van der Waals surface area contributed by atoms with E-state index < -0.39 is 0 Å². The van der Waals surface area contributed by atoms with E-state index in [2.05, 4.69) is 17.1 Å². The molecule has 1 aromatic carbocycles. The normalized spacial score (nSPS) is 10.2. The van der Waals surface area contributed by atoms with E-state index in [1.54, 1.807) is 4.90 Å². The van der Waals surface area contributed by atoms with Crippen LogP contribution in [0.1, 0.15) is 19.8 Å². The van der Waals surface area contributed by atoms with Crippen molar-refractivity contribution < 1.29 is 9.90 Å². The van der Waals surface area contributed by atoms with E-state index in [0.717, 1.165) is 25.1 Å². The number of benzene rings is 1. The van der Waals surface area contributed by atoms with Crippen molar-refractivity contribution in [3.63, 3.8) is 0 Å². The first kappa shape index (κ1) is 17.3. The van der Waals surface area contributed by atoms with E-state index in [9.17, 15) is 4.79 Å². The minimum Gasteiger partial charge on any atom is -0.395 e. The Balaban J connectivity index is 2.34. The lowest BCUT2D eigenvalue weighted by molar-refractivity contribution is 0.176. The largest absolute Gasteiger partial charge is 0.395 e. The Morgan fingerprint density at radius 1 is 1.19 bits per heavy atom. The van der Waals surface area contributed by atoms with Crippen LogP contribution in [0.2, 0.25) is 0 Å². The summed E-state index contributed by atoms with van der Waals surface area (Å²) in [5.41, 5.74) is 1.13. The highest BCUT2D eigenvalue weighted by Crippen LogP contribution is 2.09. The lowest BCUT2D eigenvalue weighted by atomic mass is 10.3. The van der Waals surface area contributed by atoms with Crippen LogP contribution in [0.4, 0.5) is 10.5 Å². The fraction of sp³-hybridized carbons (Fsp3) is 0.562. The Kier molecular flexibility index (Phi) is 8.28. The maximum absolute atomic E-state index is 12.0. The number of likely N-dealkylation sites (N-methyl/N-ethyl adjacent to an activating group) is 1. The van der Waals surface area contributed by atoms with E-state index in [4.69, 9.17) is 5.11 Å². The Labute approximate surface area is 127 Å². The van der Waals surface area contributed by atoms with Gasteiger partial charge >= 0.3 is 6.03 Å². The molecule has 0 heterocycles. The van der Waals surface area contributed by atoms with Gasteiger partial charge in [-0.15, -0.1) is 0 Å². The number of unbranched alkanes of at least 4 members (excludes halogenated alkanes) is 1. The van der Waals surface area contributed by atoms with Crippen molar-refractivity contribution in [2.75, 3.05) is 44.7 Å². The lowest BCUT2D eigenvalue weighted by Gasteiger charge is -2.24. The summed E-state index contributed by atoms with van der Waals surface area (Å²) in [5.74, 6) is 0. The van der Waals surface area contributed by atoms with Crippen molar-refractivity contribution in [2.45, 2.75) is 19.8 Å². The molecular weight excluding hydrogens is 266 g/mol. The SMILES string of the molecule is CCCCN(CCO)C(=O)NCCN(C)c1ccccc1. The van der Waals surface area contributed by atoms with Gasteiger partial charge in [-0.1, -0.05) is 31.5 Å². The Morgan fingerprint density at radius 3 is 2.52 bits per heavy atom. The summed E-state index contributed by atoms with van der Waals surface area (Å²) in [7, 11) is 2.00. The molecule has 2 amide bonds. The van der Waals surface area contributed by atoms with E-state index >= 15 is 0 Å². The minimum absolute atomic E-state index is 0.00104. The molecule has 0 radical (unpaired) electrons. The molecule has 118 valence electrons. The van der Waals surface area contributed by atoms with Crippen molar-refractivity contribution >= 4 is 11.7 Å². The molecular formula is C16H27N3O2. The molecule has 0 fully saturated rings. The maximum atomic E-state index is 12.0. The van der Waals surface area contributed by atoms with Crippen LogP contribution in [0.3, 0.4) is 0 Å². The van der Waals surface area contributed by atoms with Crippen molar-refractivity contribution in [3.8, 4) is 0 Å². The van der Waals surface area contributed by atoms with Crippen LogP contribution in [0.15, 0.2) is 30.3 Å². The average molecular weight is 293 g/mol. The summed E-state index contributed by atoms with van der Waals surface area (Å²) in [4.78, 5) is 15.8. The van der Waals surface area contributed by atoms with Gasteiger partial charge in [0.15, 0.2) is 0 Å². The van der Waals surface area contributed by atoms with Gasteiger partial charge in [-0.3, -0.25) is 0 Å². The quantitative estimate of drug-likeness (QED) is 0.731. The number of aliphatic hydroxyl groups excluding tert-OH is 1. The molecule has 5 nitrogen and oxygen atoms in total. The first-order valence-corrected chi connectivity index (χ1v) is 7.58. The summed E-state index contributed by atoms with van der Waals surface area (Å²) in [6.45, 7) is 4.50. The predicted molar refractivity (Wildman–Crippen MR) is 86.7 cm³/mol. The van der Waals surface area contributed by atoms with E-state index in [1.165, 1.54) is 0 Å². The van der Waals surface area contributed by atoms with Crippen molar-refractivity contribution in [1.29, 1.82) is 0 Å². The van der Waals surface area contributed by atoms with Crippen molar-refractivity contribution in [3.05, 3.63) is 30.3 Å². The highest BCUT2D eigenvalue weighted by atomic mass is 16.3. The second kappa shape index (κ2) is 10.0. The van der Waals surface area contributed by atoms with Gasteiger partial charge in [-0.2, -0.15) is 0 Å². The van der Waals surface area contributed by atoms with Gasteiger partial charge in [0.1, 0.15) is 0 Å².